The lowest BCUT2D eigenvalue weighted by Crippen LogP contribution is -2.35. The molecule has 2 aliphatic heterocycles. The monoisotopic (exact) mass is 348 g/mol. The van der Waals surface area contributed by atoms with Gasteiger partial charge in [-0.3, -0.25) is 29.4 Å². The van der Waals surface area contributed by atoms with Crippen LogP contribution in [0.4, 0.5) is 0 Å². The second-order valence-electron chi connectivity index (χ2n) is 6.79. The summed E-state index contributed by atoms with van der Waals surface area (Å²) < 4.78 is 0. The number of hydrogen-bond acceptors (Lipinski definition) is 4. The van der Waals surface area contributed by atoms with E-state index in [0.29, 0.717) is 28.7 Å². The molecule has 0 unspecified atom stereocenters. The second kappa shape index (κ2) is 5.62. The van der Waals surface area contributed by atoms with Crippen LogP contribution >= 0.6 is 0 Å². The van der Waals surface area contributed by atoms with E-state index in [9.17, 15) is 19.2 Å². The molecule has 0 radical (unpaired) electrons. The number of imide groups is 2. The summed E-state index contributed by atoms with van der Waals surface area (Å²) in [6.45, 7) is 3.61. The maximum absolute atomic E-state index is 12.5. The first kappa shape index (κ1) is 16.2. The summed E-state index contributed by atoms with van der Waals surface area (Å²) in [6.07, 6.45) is 0.491. The Morgan fingerprint density at radius 1 is 0.769 bits per heavy atom. The molecule has 0 bridgehead atoms. The van der Waals surface area contributed by atoms with Crippen LogP contribution in [0.5, 0.6) is 0 Å². The average Bonchev–Trinajstić information content (AvgIpc) is 3.01. The van der Waals surface area contributed by atoms with Gasteiger partial charge in [0.2, 0.25) is 0 Å². The maximum atomic E-state index is 12.5. The third kappa shape index (κ3) is 2.34. The highest BCUT2D eigenvalue weighted by molar-refractivity contribution is 6.22. The van der Waals surface area contributed by atoms with Crippen molar-refractivity contribution in [2.24, 2.45) is 0 Å². The van der Waals surface area contributed by atoms with Gasteiger partial charge < -0.3 is 0 Å². The van der Waals surface area contributed by atoms with E-state index in [1.165, 1.54) is 4.90 Å². The van der Waals surface area contributed by atoms with Crippen LogP contribution in [-0.4, -0.2) is 34.6 Å². The van der Waals surface area contributed by atoms with Crippen molar-refractivity contribution >= 4 is 23.6 Å². The van der Waals surface area contributed by atoms with E-state index in [1.807, 2.05) is 6.07 Å². The minimum absolute atomic E-state index is 0.196. The van der Waals surface area contributed by atoms with Gasteiger partial charge >= 0.3 is 0 Å². The number of fused-ring (bicyclic) bond motifs is 2. The number of rotatable bonds is 3. The van der Waals surface area contributed by atoms with Crippen LogP contribution in [0.2, 0.25) is 0 Å². The van der Waals surface area contributed by atoms with Crippen LogP contribution in [-0.2, 0) is 6.42 Å². The van der Waals surface area contributed by atoms with Crippen molar-refractivity contribution in [2.45, 2.75) is 26.3 Å². The Bertz CT molecular complexity index is 1010. The van der Waals surface area contributed by atoms with Crippen molar-refractivity contribution in [3.05, 3.63) is 69.8 Å². The van der Waals surface area contributed by atoms with E-state index < -0.39 is 5.91 Å². The minimum atomic E-state index is -0.394. The van der Waals surface area contributed by atoms with Crippen molar-refractivity contribution in [1.29, 1.82) is 0 Å². The van der Waals surface area contributed by atoms with Gasteiger partial charge in [-0.2, -0.15) is 0 Å². The first-order valence-electron chi connectivity index (χ1n) is 8.36. The van der Waals surface area contributed by atoms with Crippen LogP contribution in [0.15, 0.2) is 36.4 Å². The standard InChI is InChI=1S/C20H16N2O4/c1-10(2)22-19(25)14-6-4-12(9-16(14)20(22)26)7-11-3-5-13-15(8-11)18(24)21-17(13)23/h3-6,8-10H,7H2,1-2H3,(H,21,23,24). The van der Waals surface area contributed by atoms with Gasteiger partial charge in [-0.25, -0.2) is 0 Å². The summed E-state index contributed by atoms with van der Waals surface area (Å²) in [4.78, 5) is 49.5. The molecule has 26 heavy (non-hydrogen) atoms. The van der Waals surface area contributed by atoms with Crippen LogP contribution in [0.3, 0.4) is 0 Å². The van der Waals surface area contributed by atoms with Crippen LogP contribution in [0.1, 0.15) is 66.4 Å². The van der Waals surface area contributed by atoms with E-state index >= 15 is 0 Å². The van der Waals surface area contributed by atoms with Gasteiger partial charge in [0.05, 0.1) is 22.3 Å². The Labute approximate surface area is 149 Å². The number of amides is 4. The summed E-state index contributed by atoms with van der Waals surface area (Å²) in [6, 6.07) is 10.1. The topological polar surface area (TPSA) is 83.6 Å². The van der Waals surface area contributed by atoms with Crippen molar-refractivity contribution < 1.29 is 19.2 Å². The second-order valence-corrected chi connectivity index (χ2v) is 6.79. The third-order valence-electron chi connectivity index (χ3n) is 4.71. The molecule has 0 aromatic heterocycles. The Kier molecular flexibility index (Phi) is 3.50. The fourth-order valence-corrected chi connectivity index (χ4v) is 3.45. The zero-order valence-electron chi connectivity index (χ0n) is 14.3. The molecule has 6 nitrogen and oxygen atoms in total. The SMILES string of the molecule is CC(C)N1C(=O)c2ccc(Cc3ccc4c(c3)C(=O)NC4=O)cc2C1=O. The highest BCUT2D eigenvalue weighted by Crippen LogP contribution is 2.27. The molecular formula is C20H16N2O4. The number of benzene rings is 2. The highest BCUT2D eigenvalue weighted by atomic mass is 16.2. The molecule has 130 valence electrons. The molecular weight excluding hydrogens is 332 g/mol. The van der Waals surface area contributed by atoms with Crippen LogP contribution in [0, 0.1) is 0 Å². The predicted octanol–water partition coefficient (Wildman–Crippen LogP) is 2.17. The zero-order chi connectivity index (χ0) is 18.6. The Morgan fingerprint density at radius 3 is 1.96 bits per heavy atom. The van der Waals surface area contributed by atoms with Gasteiger partial charge in [-0.1, -0.05) is 12.1 Å². The molecule has 6 heteroatoms. The summed E-state index contributed by atoms with van der Waals surface area (Å²) >= 11 is 0. The smallest absolute Gasteiger partial charge is 0.261 e. The summed E-state index contributed by atoms with van der Waals surface area (Å²) in [5.41, 5.74) is 3.29. The van der Waals surface area contributed by atoms with Gasteiger partial charge in [-0.05, 0) is 55.7 Å². The molecule has 1 N–H and O–H groups in total. The van der Waals surface area contributed by atoms with Gasteiger partial charge in [0.25, 0.3) is 23.6 Å². The number of nitrogens with zero attached hydrogens (tertiary/aromatic N) is 1. The zero-order valence-corrected chi connectivity index (χ0v) is 14.3. The fraction of sp³-hybridized carbons (Fsp3) is 0.200. The van der Waals surface area contributed by atoms with Crippen molar-refractivity contribution in [3.8, 4) is 0 Å². The van der Waals surface area contributed by atoms with Gasteiger partial charge in [0.15, 0.2) is 0 Å². The van der Waals surface area contributed by atoms with E-state index in [1.54, 1.807) is 44.2 Å². The maximum Gasteiger partial charge on any atom is 0.261 e. The first-order valence-corrected chi connectivity index (χ1v) is 8.36. The first-order chi connectivity index (χ1) is 12.4. The van der Waals surface area contributed by atoms with E-state index in [2.05, 4.69) is 5.32 Å². The van der Waals surface area contributed by atoms with E-state index in [-0.39, 0.29) is 23.8 Å². The third-order valence-corrected chi connectivity index (χ3v) is 4.71. The van der Waals surface area contributed by atoms with Gasteiger partial charge in [0, 0.05) is 6.04 Å². The van der Waals surface area contributed by atoms with Gasteiger partial charge in [-0.15, -0.1) is 0 Å². The largest absolute Gasteiger partial charge is 0.288 e. The molecule has 0 atom stereocenters. The highest BCUT2D eigenvalue weighted by Gasteiger charge is 2.37. The number of nitrogens with one attached hydrogen (secondary N) is 1. The molecule has 4 amide bonds. The quantitative estimate of drug-likeness (QED) is 0.862. The number of hydrogen-bond donors (Lipinski definition) is 1. The van der Waals surface area contributed by atoms with Crippen molar-refractivity contribution in [2.75, 3.05) is 0 Å². The van der Waals surface area contributed by atoms with Crippen LogP contribution < -0.4 is 5.32 Å². The fourth-order valence-electron chi connectivity index (χ4n) is 3.45. The lowest BCUT2D eigenvalue weighted by Gasteiger charge is -2.17. The van der Waals surface area contributed by atoms with E-state index in [4.69, 9.17) is 0 Å². The summed E-state index contributed by atoms with van der Waals surface area (Å²) in [5.74, 6) is -1.32. The lowest BCUT2D eigenvalue weighted by molar-refractivity contribution is 0.0608. The van der Waals surface area contributed by atoms with Crippen molar-refractivity contribution in [3.63, 3.8) is 0 Å². The number of carbonyl (C=O) groups is 4. The lowest BCUT2D eigenvalue weighted by atomic mass is 9.98. The Hall–Kier alpha value is -3.28. The van der Waals surface area contributed by atoms with Crippen molar-refractivity contribution in [1.82, 2.24) is 10.2 Å². The molecule has 2 heterocycles. The molecule has 2 aromatic rings. The molecule has 0 fully saturated rings. The molecule has 0 spiro atoms. The normalized spacial score (nSPS) is 15.6. The average molecular weight is 348 g/mol. The number of carbonyl (C=O) groups excluding carboxylic acids is 4. The molecule has 4 rings (SSSR count). The molecule has 0 saturated heterocycles. The minimum Gasteiger partial charge on any atom is -0.288 e. The molecule has 2 aromatic carbocycles. The molecule has 2 aliphatic rings. The van der Waals surface area contributed by atoms with Gasteiger partial charge in [0.1, 0.15) is 0 Å². The molecule has 0 saturated carbocycles. The predicted molar refractivity (Wildman–Crippen MR) is 93.1 cm³/mol. The van der Waals surface area contributed by atoms with E-state index in [0.717, 1.165) is 11.1 Å². The summed E-state index contributed by atoms with van der Waals surface area (Å²) in [7, 11) is 0. The Morgan fingerprint density at radius 2 is 1.31 bits per heavy atom. The van der Waals surface area contributed by atoms with Crippen LogP contribution in [0.25, 0.3) is 0 Å². The Balaban J connectivity index is 1.65. The molecule has 0 aliphatic carbocycles. The summed E-state index contributed by atoms with van der Waals surface area (Å²) in [5, 5.41) is 2.27.